The van der Waals surface area contributed by atoms with Crippen molar-refractivity contribution < 1.29 is 4.74 Å². The van der Waals surface area contributed by atoms with Gasteiger partial charge < -0.3 is 10.5 Å². The van der Waals surface area contributed by atoms with Crippen molar-refractivity contribution in [1.82, 2.24) is 0 Å². The van der Waals surface area contributed by atoms with E-state index in [9.17, 15) is 0 Å². The molecule has 0 heterocycles. The number of allylic oxidation sites excluding steroid dienone is 1. The van der Waals surface area contributed by atoms with E-state index in [1.807, 2.05) is 18.2 Å². The number of ether oxygens (including phenoxy) is 1. The summed E-state index contributed by atoms with van der Waals surface area (Å²) >= 11 is 0. The van der Waals surface area contributed by atoms with Gasteiger partial charge in [0, 0.05) is 6.54 Å². The molecule has 0 amide bonds. The summed E-state index contributed by atoms with van der Waals surface area (Å²) in [7, 11) is 0. The molecule has 0 aliphatic carbocycles. The third-order valence-corrected chi connectivity index (χ3v) is 2.73. The van der Waals surface area contributed by atoms with E-state index in [1.54, 1.807) is 0 Å². The van der Waals surface area contributed by atoms with Crippen LogP contribution in [-0.4, -0.2) is 6.61 Å². The molecule has 2 nitrogen and oxygen atoms in total. The van der Waals surface area contributed by atoms with E-state index in [1.165, 1.54) is 18.4 Å². The SMILES string of the molecule is C=CCc1cc(CN)ccc1OCCCCC. The first-order chi connectivity index (χ1) is 8.31. The van der Waals surface area contributed by atoms with Crippen molar-refractivity contribution in [2.24, 2.45) is 5.73 Å². The third kappa shape index (κ3) is 4.61. The highest BCUT2D eigenvalue weighted by molar-refractivity contribution is 5.38. The molecule has 0 aliphatic rings. The second kappa shape index (κ2) is 7.91. The van der Waals surface area contributed by atoms with Crippen molar-refractivity contribution in [1.29, 1.82) is 0 Å². The van der Waals surface area contributed by atoms with Crippen LogP contribution in [-0.2, 0) is 13.0 Å². The van der Waals surface area contributed by atoms with Crippen LogP contribution in [0.3, 0.4) is 0 Å². The maximum Gasteiger partial charge on any atom is 0.122 e. The first-order valence-corrected chi connectivity index (χ1v) is 6.37. The maximum atomic E-state index is 5.80. The predicted molar refractivity (Wildman–Crippen MR) is 73.3 cm³/mol. The fourth-order valence-electron chi connectivity index (χ4n) is 1.75. The molecule has 0 saturated carbocycles. The normalized spacial score (nSPS) is 10.2. The molecule has 1 rings (SSSR count). The van der Waals surface area contributed by atoms with Gasteiger partial charge in [-0.05, 0) is 30.0 Å². The molecule has 0 spiro atoms. The fraction of sp³-hybridized carbons (Fsp3) is 0.467. The molecule has 0 bridgehead atoms. The Labute approximate surface area is 104 Å². The van der Waals surface area contributed by atoms with Gasteiger partial charge in [0.05, 0.1) is 6.61 Å². The van der Waals surface area contributed by atoms with Gasteiger partial charge in [0.25, 0.3) is 0 Å². The van der Waals surface area contributed by atoms with E-state index in [0.717, 1.165) is 30.8 Å². The summed E-state index contributed by atoms with van der Waals surface area (Å²) in [5.41, 5.74) is 7.96. The van der Waals surface area contributed by atoms with Gasteiger partial charge in [0.1, 0.15) is 5.75 Å². The van der Waals surface area contributed by atoms with E-state index >= 15 is 0 Å². The van der Waals surface area contributed by atoms with Crippen LogP contribution >= 0.6 is 0 Å². The van der Waals surface area contributed by atoms with E-state index in [-0.39, 0.29) is 0 Å². The van der Waals surface area contributed by atoms with Crippen LogP contribution in [0.25, 0.3) is 0 Å². The molecule has 94 valence electrons. The molecule has 0 aromatic heterocycles. The Morgan fingerprint density at radius 1 is 1.35 bits per heavy atom. The Kier molecular flexibility index (Phi) is 6.41. The number of rotatable bonds is 8. The summed E-state index contributed by atoms with van der Waals surface area (Å²) in [6.07, 6.45) is 6.28. The van der Waals surface area contributed by atoms with Crippen molar-refractivity contribution in [2.45, 2.75) is 39.2 Å². The van der Waals surface area contributed by atoms with Gasteiger partial charge in [-0.1, -0.05) is 38.0 Å². The minimum atomic E-state index is 0.570. The lowest BCUT2D eigenvalue weighted by Gasteiger charge is -2.11. The molecule has 0 atom stereocenters. The molecule has 0 aliphatic heterocycles. The van der Waals surface area contributed by atoms with Gasteiger partial charge in [-0.2, -0.15) is 0 Å². The van der Waals surface area contributed by atoms with Crippen LogP contribution in [0.1, 0.15) is 37.3 Å². The molecule has 0 fully saturated rings. The summed E-state index contributed by atoms with van der Waals surface area (Å²) in [6.45, 7) is 7.33. The van der Waals surface area contributed by atoms with Gasteiger partial charge in [-0.25, -0.2) is 0 Å². The monoisotopic (exact) mass is 233 g/mol. The highest BCUT2D eigenvalue weighted by Gasteiger charge is 2.03. The molecule has 1 aromatic rings. The summed E-state index contributed by atoms with van der Waals surface area (Å²) in [4.78, 5) is 0. The van der Waals surface area contributed by atoms with Gasteiger partial charge in [0.2, 0.25) is 0 Å². The summed E-state index contributed by atoms with van der Waals surface area (Å²) in [6, 6.07) is 6.16. The number of nitrogens with two attached hydrogens (primary N) is 1. The average molecular weight is 233 g/mol. The Morgan fingerprint density at radius 3 is 2.82 bits per heavy atom. The highest BCUT2D eigenvalue weighted by atomic mass is 16.5. The lowest BCUT2D eigenvalue weighted by Crippen LogP contribution is -2.02. The van der Waals surface area contributed by atoms with Crippen molar-refractivity contribution in [3.63, 3.8) is 0 Å². The van der Waals surface area contributed by atoms with Crippen molar-refractivity contribution >= 4 is 0 Å². The Bertz CT molecular complexity index is 347. The van der Waals surface area contributed by atoms with E-state index in [4.69, 9.17) is 10.5 Å². The zero-order valence-corrected chi connectivity index (χ0v) is 10.7. The lowest BCUT2D eigenvalue weighted by molar-refractivity contribution is 0.303. The highest BCUT2D eigenvalue weighted by Crippen LogP contribution is 2.21. The fourth-order valence-corrected chi connectivity index (χ4v) is 1.75. The summed E-state index contributed by atoms with van der Waals surface area (Å²) < 4.78 is 5.80. The first kappa shape index (κ1) is 13.8. The average Bonchev–Trinajstić information content (AvgIpc) is 2.36. The Balaban J connectivity index is 2.65. The number of benzene rings is 1. The molecule has 2 N–H and O–H groups in total. The quantitative estimate of drug-likeness (QED) is 0.551. The predicted octanol–water partition coefficient (Wildman–Crippen LogP) is 3.44. The molecule has 1 aromatic carbocycles. The topological polar surface area (TPSA) is 35.2 Å². The first-order valence-electron chi connectivity index (χ1n) is 6.37. The standard InChI is InChI=1S/C15H23NO/c1-3-5-6-10-17-15-9-8-13(12-16)11-14(15)7-4-2/h4,8-9,11H,2-3,5-7,10,12,16H2,1H3. The van der Waals surface area contributed by atoms with Crippen LogP contribution in [0.5, 0.6) is 5.75 Å². The lowest BCUT2D eigenvalue weighted by atomic mass is 10.1. The van der Waals surface area contributed by atoms with Crippen molar-refractivity contribution in [3.05, 3.63) is 42.0 Å². The molecule has 0 saturated heterocycles. The van der Waals surface area contributed by atoms with Crippen LogP contribution < -0.4 is 10.5 Å². The Hall–Kier alpha value is -1.28. The smallest absolute Gasteiger partial charge is 0.122 e. The third-order valence-electron chi connectivity index (χ3n) is 2.73. The second-order valence-corrected chi connectivity index (χ2v) is 4.19. The van der Waals surface area contributed by atoms with E-state index in [0.29, 0.717) is 6.54 Å². The molecular weight excluding hydrogens is 210 g/mol. The molecular formula is C15H23NO. The van der Waals surface area contributed by atoms with Gasteiger partial charge in [0.15, 0.2) is 0 Å². The van der Waals surface area contributed by atoms with Crippen molar-refractivity contribution in [3.8, 4) is 5.75 Å². The van der Waals surface area contributed by atoms with Crippen LogP contribution in [0.15, 0.2) is 30.9 Å². The summed E-state index contributed by atoms with van der Waals surface area (Å²) in [5.74, 6) is 0.971. The summed E-state index contributed by atoms with van der Waals surface area (Å²) in [5, 5.41) is 0. The number of hydrogen-bond donors (Lipinski definition) is 1. The largest absolute Gasteiger partial charge is 0.493 e. The van der Waals surface area contributed by atoms with Crippen LogP contribution in [0, 0.1) is 0 Å². The van der Waals surface area contributed by atoms with Crippen molar-refractivity contribution in [2.75, 3.05) is 6.61 Å². The zero-order chi connectivity index (χ0) is 12.5. The minimum Gasteiger partial charge on any atom is -0.493 e. The molecule has 0 radical (unpaired) electrons. The van der Waals surface area contributed by atoms with Gasteiger partial charge in [-0.3, -0.25) is 0 Å². The second-order valence-electron chi connectivity index (χ2n) is 4.19. The number of hydrogen-bond acceptors (Lipinski definition) is 2. The molecule has 0 unspecified atom stereocenters. The maximum absolute atomic E-state index is 5.80. The zero-order valence-electron chi connectivity index (χ0n) is 10.7. The molecule has 17 heavy (non-hydrogen) atoms. The van der Waals surface area contributed by atoms with Gasteiger partial charge in [-0.15, -0.1) is 6.58 Å². The van der Waals surface area contributed by atoms with Gasteiger partial charge >= 0.3 is 0 Å². The van der Waals surface area contributed by atoms with E-state index in [2.05, 4.69) is 19.6 Å². The molecule has 2 heteroatoms. The van der Waals surface area contributed by atoms with Crippen LogP contribution in [0.2, 0.25) is 0 Å². The van der Waals surface area contributed by atoms with E-state index < -0.39 is 0 Å². The van der Waals surface area contributed by atoms with Crippen LogP contribution in [0.4, 0.5) is 0 Å². The Morgan fingerprint density at radius 2 is 2.18 bits per heavy atom. The minimum absolute atomic E-state index is 0.570. The number of unbranched alkanes of at least 4 members (excludes halogenated alkanes) is 2.